The summed E-state index contributed by atoms with van der Waals surface area (Å²) in [6.45, 7) is 6.24. The Bertz CT molecular complexity index is 437. The SMILES string of the molecule is C=CN/C=C(/Cn1cnc(C(=O)OCC)c1)NC. The molecule has 1 aromatic rings. The van der Waals surface area contributed by atoms with Gasteiger partial charge in [-0.05, 0) is 13.1 Å². The van der Waals surface area contributed by atoms with Crippen LogP contribution in [0.5, 0.6) is 0 Å². The second kappa shape index (κ2) is 7.16. The van der Waals surface area contributed by atoms with E-state index in [4.69, 9.17) is 4.74 Å². The molecule has 0 radical (unpaired) electrons. The van der Waals surface area contributed by atoms with Crippen LogP contribution in [-0.2, 0) is 11.3 Å². The molecule has 0 atom stereocenters. The number of ether oxygens (including phenoxy) is 1. The van der Waals surface area contributed by atoms with Crippen LogP contribution in [0.3, 0.4) is 0 Å². The number of hydrogen-bond acceptors (Lipinski definition) is 5. The van der Waals surface area contributed by atoms with E-state index in [9.17, 15) is 4.79 Å². The number of esters is 1. The van der Waals surface area contributed by atoms with E-state index < -0.39 is 5.97 Å². The molecule has 0 fully saturated rings. The molecule has 1 heterocycles. The predicted molar refractivity (Wildman–Crippen MR) is 68.7 cm³/mol. The van der Waals surface area contributed by atoms with Gasteiger partial charge in [-0.2, -0.15) is 0 Å². The first-order chi connectivity index (χ1) is 8.71. The summed E-state index contributed by atoms with van der Waals surface area (Å²) in [5.41, 5.74) is 1.24. The summed E-state index contributed by atoms with van der Waals surface area (Å²) in [6.07, 6.45) is 6.61. The van der Waals surface area contributed by atoms with E-state index in [1.54, 1.807) is 36.4 Å². The molecule has 0 aliphatic carbocycles. The highest BCUT2D eigenvalue weighted by atomic mass is 16.5. The van der Waals surface area contributed by atoms with E-state index in [2.05, 4.69) is 22.2 Å². The lowest BCUT2D eigenvalue weighted by Gasteiger charge is -2.07. The minimum atomic E-state index is -0.407. The molecule has 0 bridgehead atoms. The highest BCUT2D eigenvalue weighted by Gasteiger charge is 2.10. The first kappa shape index (κ1) is 13.8. The molecule has 0 spiro atoms. The summed E-state index contributed by atoms with van der Waals surface area (Å²) in [5, 5.41) is 5.92. The number of rotatable bonds is 7. The van der Waals surface area contributed by atoms with Crippen molar-refractivity contribution in [1.82, 2.24) is 20.2 Å². The summed E-state index contributed by atoms with van der Waals surface area (Å²) in [7, 11) is 1.82. The third-order valence-electron chi connectivity index (χ3n) is 2.17. The maximum atomic E-state index is 11.4. The molecule has 0 aromatic carbocycles. The number of imidazole rings is 1. The molecule has 0 unspecified atom stereocenters. The number of carbonyl (C=O) groups excluding carboxylic acids is 1. The second-order valence-corrected chi connectivity index (χ2v) is 3.44. The number of nitrogens with zero attached hydrogens (tertiary/aromatic N) is 2. The van der Waals surface area contributed by atoms with Crippen molar-refractivity contribution in [2.24, 2.45) is 0 Å². The summed E-state index contributed by atoms with van der Waals surface area (Å²) in [4.78, 5) is 15.4. The number of allylic oxidation sites excluding steroid dienone is 1. The summed E-state index contributed by atoms with van der Waals surface area (Å²) in [5.74, 6) is -0.407. The lowest BCUT2D eigenvalue weighted by molar-refractivity contribution is 0.0520. The number of likely N-dealkylation sites (N-methyl/N-ethyl adjacent to an activating group) is 1. The fraction of sp³-hybridized carbons (Fsp3) is 0.333. The van der Waals surface area contributed by atoms with Crippen LogP contribution in [-0.4, -0.2) is 29.2 Å². The topological polar surface area (TPSA) is 68.2 Å². The molecule has 0 saturated carbocycles. The fourth-order valence-corrected chi connectivity index (χ4v) is 1.31. The first-order valence-electron chi connectivity index (χ1n) is 5.63. The van der Waals surface area contributed by atoms with Gasteiger partial charge in [0.05, 0.1) is 19.5 Å². The van der Waals surface area contributed by atoms with Crippen molar-refractivity contribution in [3.63, 3.8) is 0 Å². The van der Waals surface area contributed by atoms with E-state index in [0.29, 0.717) is 18.8 Å². The Morgan fingerprint density at radius 3 is 3.06 bits per heavy atom. The van der Waals surface area contributed by atoms with Gasteiger partial charge < -0.3 is 19.9 Å². The molecule has 18 heavy (non-hydrogen) atoms. The Kier molecular flexibility index (Phi) is 5.50. The Morgan fingerprint density at radius 1 is 1.67 bits per heavy atom. The van der Waals surface area contributed by atoms with E-state index in [-0.39, 0.29) is 0 Å². The van der Waals surface area contributed by atoms with E-state index in [0.717, 1.165) is 5.70 Å². The minimum Gasteiger partial charge on any atom is -0.461 e. The zero-order valence-corrected chi connectivity index (χ0v) is 10.6. The van der Waals surface area contributed by atoms with Crippen LogP contribution in [0.1, 0.15) is 17.4 Å². The van der Waals surface area contributed by atoms with E-state index >= 15 is 0 Å². The molecule has 6 heteroatoms. The van der Waals surface area contributed by atoms with Crippen molar-refractivity contribution < 1.29 is 9.53 Å². The van der Waals surface area contributed by atoms with Crippen LogP contribution in [0.15, 0.2) is 37.2 Å². The van der Waals surface area contributed by atoms with Crippen LogP contribution in [0.25, 0.3) is 0 Å². The van der Waals surface area contributed by atoms with Gasteiger partial charge in [-0.1, -0.05) is 6.58 Å². The molecule has 6 nitrogen and oxygen atoms in total. The molecule has 0 aliphatic rings. The van der Waals surface area contributed by atoms with Gasteiger partial charge >= 0.3 is 5.97 Å². The lowest BCUT2D eigenvalue weighted by Crippen LogP contribution is -2.14. The quantitative estimate of drug-likeness (QED) is 0.702. The maximum absolute atomic E-state index is 11.4. The van der Waals surface area contributed by atoms with Crippen molar-refractivity contribution in [3.05, 3.63) is 42.9 Å². The highest BCUT2D eigenvalue weighted by Crippen LogP contribution is 2.01. The lowest BCUT2D eigenvalue weighted by atomic mass is 10.4. The Labute approximate surface area is 106 Å². The minimum absolute atomic E-state index is 0.309. The predicted octanol–water partition coefficient (Wildman–Crippen LogP) is 0.854. The monoisotopic (exact) mass is 250 g/mol. The summed E-state index contributed by atoms with van der Waals surface area (Å²) >= 11 is 0. The number of aromatic nitrogens is 2. The van der Waals surface area contributed by atoms with E-state index in [1.807, 2.05) is 7.05 Å². The molecule has 1 aromatic heterocycles. The van der Waals surface area contributed by atoms with Crippen LogP contribution in [0.2, 0.25) is 0 Å². The van der Waals surface area contributed by atoms with Crippen molar-refractivity contribution in [3.8, 4) is 0 Å². The summed E-state index contributed by atoms with van der Waals surface area (Å²) < 4.78 is 6.66. The standard InChI is InChI=1S/C12H18N4O2/c1-4-14-6-10(13-3)7-16-8-11(15-9-16)12(17)18-5-2/h4,6,8-9,13-14H,1,5,7H2,2-3H3/b10-6-. The van der Waals surface area contributed by atoms with Crippen molar-refractivity contribution >= 4 is 5.97 Å². The average molecular weight is 250 g/mol. The van der Waals surface area contributed by atoms with Crippen LogP contribution in [0, 0.1) is 0 Å². The summed E-state index contributed by atoms with van der Waals surface area (Å²) in [6, 6.07) is 0. The van der Waals surface area contributed by atoms with Gasteiger partial charge in [0.1, 0.15) is 0 Å². The Morgan fingerprint density at radius 2 is 2.44 bits per heavy atom. The molecule has 0 amide bonds. The molecule has 98 valence electrons. The second-order valence-electron chi connectivity index (χ2n) is 3.44. The van der Waals surface area contributed by atoms with Gasteiger partial charge in [-0.15, -0.1) is 0 Å². The normalized spacial score (nSPS) is 10.9. The van der Waals surface area contributed by atoms with Gasteiger partial charge in [-0.3, -0.25) is 0 Å². The first-order valence-corrected chi connectivity index (χ1v) is 5.63. The van der Waals surface area contributed by atoms with Gasteiger partial charge in [0.15, 0.2) is 5.69 Å². The van der Waals surface area contributed by atoms with Gasteiger partial charge in [-0.25, -0.2) is 9.78 Å². The van der Waals surface area contributed by atoms with Crippen LogP contribution >= 0.6 is 0 Å². The molecule has 2 N–H and O–H groups in total. The zero-order valence-electron chi connectivity index (χ0n) is 10.6. The largest absolute Gasteiger partial charge is 0.461 e. The molecule has 0 saturated heterocycles. The van der Waals surface area contributed by atoms with Crippen LogP contribution in [0.4, 0.5) is 0 Å². The third-order valence-corrected chi connectivity index (χ3v) is 2.17. The maximum Gasteiger partial charge on any atom is 0.358 e. The zero-order chi connectivity index (χ0) is 13.4. The number of carbonyl (C=O) groups is 1. The Hall–Kier alpha value is -2.24. The third kappa shape index (κ3) is 3.97. The van der Waals surface area contributed by atoms with Gasteiger partial charge in [0, 0.05) is 25.1 Å². The van der Waals surface area contributed by atoms with Gasteiger partial charge in [0.25, 0.3) is 0 Å². The van der Waals surface area contributed by atoms with Gasteiger partial charge in [0.2, 0.25) is 0 Å². The Balaban J connectivity index is 2.68. The smallest absolute Gasteiger partial charge is 0.358 e. The molecular weight excluding hydrogens is 232 g/mol. The van der Waals surface area contributed by atoms with E-state index in [1.165, 1.54) is 0 Å². The highest BCUT2D eigenvalue weighted by molar-refractivity contribution is 5.86. The average Bonchev–Trinajstić information content (AvgIpc) is 2.83. The fourth-order valence-electron chi connectivity index (χ4n) is 1.31. The molecular formula is C12H18N4O2. The van der Waals surface area contributed by atoms with Crippen molar-refractivity contribution in [2.75, 3.05) is 13.7 Å². The van der Waals surface area contributed by atoms with Crippen molar-refractivity contribution in [2.45, 2.75) is 13.5 Å². The number of hydrogen-bond donors (Lipinski definition) is 2. The molecule has 0 aliphatic heterocycles. The molecule has 1 rings (SSSR count). The number of nitrogens with one attached hydrogen (secondary N) is 2. The van der Waals surface area contributed by atoms with Crippen molar-refractivity contribution in [1.29, 1.82) is 0 Å². The van der Waals surface area contributed by atoms with Crippen LogP contribution < -0.4 is 10.6 Å².